The minimum absolute atomic E-state index is 0.00909. The molecule has 2 aliphatic rings. The average Bonchev–Trinajstić information content (AvgIpc) is 2.33. The first-order valence-electron chi connectivity index (χ1n) is 4.11. The van der Waals surface area contributed by atoms with E-state index in [1.54, 1.807) is 0 Å². The maximum absolute atomic E-state index is 10.9. The Morgan fingerprint density at radius 1 is 1.36 bits per heavy atom. The lowest BCUT2D eigenvalue weighted by atomic mass is 9.97. The van der Waals surface area contributed by atoms with E-state index in [-0.39, 0.29) is 12.1 Å². The zero-order chi connectivity index (χ0) is 7.84. The molecule has 1 aliphatic carbocycles. The minimum Gasteiger partial charge on any atom is -0.461 e. The molecule has 62 valence electrons. The van der Waals surface area contributed by atoms with Crippen LogP contribution in [-0.4, -0.2) is 16.0 Å². The van der Waals surface area contributed by atoms with E-state index in [4.69, 9.17) is 4.74 Å². The van der Waals surface area contributed by atoms with Crippen molar-refractivity contribution in [3.8, 4) is 0 Å². The van der Waals surface area contributed by atoms with Crippen LogP contribution >= 0.6 is 22.6 Å². The molecule has 1 saturated carbocycles. The Balaban J connectivity index is 2.07. The standard InChI is InChI=1S/C8H11IO2/c9-6-3-1-5-2-4-7(10)11-8(5)6/h5-6,8H,1-4H2/t5-,6+,8+/m1/s1. The number of carbonyl (C=O) groups is 1. The van der Waals surface area contributed by atoms with Crippen molar-refractivity contribution in [2.24, 2.45) is 5.92 Å². The monoisotopic (exact) mass is 266 g/mol. The molecule has 0 N–H and O–H groups in total. The Morgan fingerprint density at radius 2 is 2.18 bits per heavy atom. The molecular weight excluding hydrogens is 255 g/mol. The van der Waals surface area contributed by atoms with Gasteiger partial charge in [0.15, 0.2) is 0 Å². The number of rotatable bonds is 0. The van der Waals surface area contributed by atoms with Crippen molar-refractivity contribution in [1.29, 1.82) is 0 Å². The second kappa shape index (κ2) is 2.92. The molecular formula is C8H11IO2. The zero-order valence-corrected chi connectivity index (χ0v) is 8.41. The van der Waals surface area contributed by atoms with E-state index in [1.165, 1.54) is 12.8 Å². The molecule has 0 radical (unpaired) electrons. The van der Waals surface area contributed by atoms with Crippen LogP contribution in [0.4, 0.5) is 0 Å². The van der Waals surface area contributed by atoms with Crippen LogP contribution in [0.3, 0.4) is 0 Å². The summed E-state index contributed by atoms with van der Waals surface area (Å²) in [6.45, 7) is 0. The van der Waals surface area contributed by atoms with Gasteiger partial charge in [0.1, 0.15) is 6.10 Å². The van der Waals surface area contributed by atoms with Gasteiger partial charge in [0, 0.05) is 10.3 Å². The van der Waals surface area contributed by atoms with Crippen LogP contribution in [0, 0.1) is 5.92 Å². The fourth-order valence-electron chi connectivity index (χ4n) is 1.99. The SMILES string of the molecule is O=C1CC[C@H]2CC[C@H](I)[C@H]2O1. The van der Waals surface area contributed by atoms with E-state index < -0.39 is 0 Å². The predicted octanol–water partition coefficient (Wildman–Crippen LogP) is 1.91. The van der Waals surface area contributed by atoms with Gasteiger partial charge in [-0.2, -0.15) is 0 Å². The highest BCUT2D eigenvalue weighted by Crippen LogP contribution is 2.39. The van der Waals surface area contributed by atoms with E-state index >= 15 is 0 Å². The lowest BCUT2D eigenvalue weighted by Crippen LogP contribution is -2.32. The molecule has 0 amide bonds. The zero-order valence-electron chi connectivity index (χ0n) is 6.25. The topological polar surface area (TPSA) is 26.3 Å². The van der Waals surface area contributed by atoms with E-state index in [9.17, 15) is 4.79 Å². The van der Waals surface area contributed by atoms with Crippen LogP contribution in [0.2, 0.25) is 0 Å². The number of halogens is 1. The van der Waals surface area contributed by atoms with E-state index in [0.717, 1.165) is 6.42 Å². The Morgan fingerprint density at radius 3 is 3.00 bits per heavy atom. The molecule has 0 aromatic carbocycles. The van der Waals surface area contributed by atoms with Crippen molar-refractivity contribution < 1.29 is 9.53 Å². The summed E-state index contributed by atoms with van der Waals surface area (Å²) in [5.74, 6) is 0.685. The largest absolute Gasteiger partial charge is 0.461 e. The Kier molecular flexibility index (Phi) is 2.08. The van der Waals surface area contributed by atoms with Gasteiger partial charge >= 0.3 is 5.97 Å². The third-order valence-electron chi connectivity index (χ3n) is 2.62. The maximum atomic E-state index is 10.9. The third-order valence-corrected chi connectivity index (χ3v) is 3.95. The highest BCUT2D eigenvalue weighted by molar-refractivity contribution is 14.1. The molecule has 11 heavy (non-hydrogen) atoms. The molecule has 1 aliphatic heterocycles. The van der Waals surface area contributed by atoms with Crippen LogP contribution in [0.1, 0.15) is 25.7 Å². The first kappa shape index (κ1) is 7.83. The van der Waals surface area contributed by atoms with Crippen LogP contribution in [0.5, 0.6) is 0 Å². The van der Waals surface area contributed by atoms with Crippen LogP contribution in [0.15, 0.2) is 0 Å². The van der Waals surface area contributed by atoms with E-state index in [1.807, 2.05) is 0 Å². The number of hydrogen-bond acceptors (Lipinski definition) is 2. The molecule has 0 unspecified atom stereocenters. The Bertz CT molecular complexity index is 181. The third kappa shape index (κ3) is 1.39. The van der Waals surface area contributed by atoms with Gasteiger partial charge in [-0.25, -0.2) is 0 Å². The van der Waals surface area contributed by atoms with Gasteiger partial charge in [-0.3, -0.25) is 4.79 Å². The molecule has 3 atom stereocenters. The highest BCUT2D eigenvalue weighted by atomic mass is 127. The second-order valence-electron chi connectivity index (χ2n) is 3.35. The van der Waals surface area contributed by atoms with Crippen molar-refractivity contribution in [2.75, 3.05) is 0 Å². The summed E-state index contributed by atoms with van der Waals surface area (Å²) in [5, 5.41) is 0. The fourth-order valence-corrected chi connectivity index (χ4v) is 3.08. The fraction of sp³-hybridized carbons (Fsp3) is 0.875. The smallest absolute Gasteiger partial charge is 0.306 e. The van der Waals surface area contributed by atoms with Crippen LogP contribution < -0.4 is 0 Å². The van der Waals surface area contributed by atoms with Crippen molar-refractivity contribution >= 4 is 28.6 Å². The summed E-state index contributed by atoms with van der Waals surface area (Å²) in [5.41, 5.74) is 0. The molecule has 0 aromatic rings. The predicted molar refractivity (Wildman–Crippen MR) is 49.6 cm³/mol. The van der Waals surface area contributed by atoms with Crippen molar-refractivity contribution in [2.45, 2.75) is 35.7 Å². The number of fused-ring (bicyclic) bond motifs is 1. The summed E-state index contributed by atoms with van der Waals surface area (Å²) in [6.07, 6.45) is 4.43. The van der Waals surface area contributed by atoms with Gasteiger partial charge in [0.25, 0.3) is 0 Å². The summed E-state index contributed by atoms with van der Waals surface area (Å²) in [7, 11) is 0. The summed E-state index contributed by atoms with van der Waals surface area (Å²) in [6, 6.07) is 0. The maximum Gasteiger partial charge on any atom is 0.306 e. The lowest BCUT2D eigenvalue weighted by molar-refractivity contribution is -0.155. The molecule has 2 fully saturated rings. The first-order valence-corrected chi connectivity index (χ1v) is 5.35. The molecule has 1 heterocycles. The minimum atomic E-state index is 0.00909. The van der Waals surface area contributed by atoms with Crippen molar-refractivity contribution in [1.82, 2.24) is 0 Å². The molecule has 0 bridgehead atoms. The summed E-state index contributed by atoms with van der Waals surface area (Å²) in [4.78, 5) is 10.9. The van der Waals surface area contributed by atoms with Gasteiger partial charge in [-0.1, -0.05) is 22.6 Å². The molecule has 0 spiro atoms. The quantitative estimate of drug-likeness (QED) is 0.380. The molecule has 0 aromatic heterocycles. The molecule has 1 saturated heterocycles. The van der Waals surface area contributed by atoms with Crippen LogP contribution in [0.25, 0.3) is 0 Å². The van der Waals surface area contributed by atoms with E-state index in [0.29, 0.717) is 16.3 Å². The lowest BCUT2D eigenvalue weighted by Gasteiger charge is -2.26. The van der Waals surface area contributed by atoms with Crippen molar-refractivity contribution in [3.63, 3.8) is 0 Å². The number of esters is 1. The van der Waals surface area contributed by atoms with Crippen LogP contribution in [-0.2, 0) is 9.53 Å². The second-order valence-corrected chi connectivity index (χ2v) is 4.95. The van der Waals surface area contributed by atoms with Gasteiger partial charge in [-0.05, 0) is 25.2 Å². The highest BCUT2D eigenvalue weighted by Gasteiger charge is 2.40. The number of carbonyl (C=O) groups excluding carboxylic acids is 1. The summed E-state index contributed by atoms with van der Waals surface area (Å²) >= 11 is 2.40. The Hall–Kier alpha value is 0.200. The van der Waals surface area contributed by atoms with Gasteiger partial charge in [0.2, 0.25) is 0 Å². The average molecular weight is 266 g/mol. The number of hydrogen-bond donors (Lipinski definition) is 0. The molecule has 2 rings (SSSR count). The molecule has 3 heteroatoms. The number of alkyl halides is 1. The number of ether oxygens (including phenoxy) is 1. The van der Waals surface area contributed by atoms with Gasteiger partial charge in [-0.15, -0.1) is 0 Å². The van der Waals surface area contributed by atoms with E-state index in [2.05, 4.69) is 22.6 Å². The first-order chi connectivity index (χ1) is 5.27. The Labute approximate surface area is 79.8 Å². The normalized spacial score (nSPS) is 43.4. The van der Waals surface area contributed by atoms with Crippen molar-refractivity contribution in [3.05, 3.63) is 0 Å². The van der Waals surface area contributed by atoms with Gasteiger partial charge in [0.05, 0.1) is 0 Å². The van der Waals surface area contributed by atoms with Gasteiger partial charge < -0.3 is 4.74 Å². The summed E-state index contributed by atoms with van der Waals surface area (Å²) < 4.78 is 5.85. The molecule has 2 nitrogen and oxygen atoms in total.